The summed E-state index contributed by atoms with van der Waals surface area (Å²) in [7, 11) is -10.4. The molecule has 2 unspecified atom stereocenters. The average molecular weight is 1370 g/mol. The van der Waals surface area contributed by atoms with E-state index in [2.05, 4.69) is 19.7 Å². The molecule has 95 heavy (non-hydrogen) atoms. The fourth-order valence-corrected chi connectivity index (χ4v) is 13.1. The lowest BCUT2D eigenvalue weighted by Gasteiger charge is -2.18. The van der Waals surface area contributed by atoms with E-state index in [0.29, 0.717) is 77.5 Å². The van der Waals surface area contributed by atoms with Crippen molar-refractivity contribution >= 4 is 140 Å². The van der Waals surface area contributed by atoms with Gasteiger partial charge < -0.3 is 41.6 Å². The van der Waals surface area contributed by atoms with Gasteiger partial charge in [0.25, 0.3) is 11.8 Å². The van der Waals surface area contributed by atoms with Gasteiger partial charge in [-0.2, -0.15) is 0 Å². The predicted octanol–water partition coefficient (Wildman–Crippen LogP) is 14.6. The summed E-state index contributed by atoms with van der Waals surface area (Å²) in [5, 5.41) is 32.2. The van der Waals surface area contributed by atoms with Crippen molar-refractivity contribution in [2.75, 3.05) is 45.3 Å². The number of phosphoric ester groups is 2. The second-order valence-corrected chi connectivity index (χ2v) is 24.9. The van der Waals surface area contributed by atoms with Crippen LogP contribution in [0.2, 0.25) is 0 Å². The summed E-state index contributed by atoms with van der Waals surface area (Å²) in [5.74, 6) is -1.83. The molecule has 0 saturated heterocycles. The lowest BCUT2D eigenvalue weighted by Crippen LogP contribution is -2.29. The number of rotatable bonds is 18. The number of amides is 4. The van der Waals surface area contributed by atoms with Crippen LogP contribution >= 0.6 is 38.8 Å². The number of ether oxygens (including phenoxy) is 2. The van der Waals surface area contributed by atoms with Crippen molar-refractivity contribution in [1.29, 1.82) is 0 Å². The summed E-state index contributed by atoms with van der Waals surface area (Å²) in [4.78, 5) is 117. The van der Waals surface area contributed by atoms with Gasteiger partial charge in [-0.15, -0.1) is 23.2 Å². The number of carbonyl (C=O) groups is 4. The fourth-order valence-electron chi connectivity index (χ4n) is 11.8. The minimum absolute atomic E-state index is 0.00937. The zero-order chi connectivity index (χ0) is 66.8. The number of phosphoric acid groups is 2. The van der Waals surface area contributed by atoms with Crippen LogP contribution in [-0.2, 0) is 31.8 Å². The number of alkyl halides is 2. The summed E-state index contributed by atoms with van der Waals surface area (Å²) >= 11 is 13.1. The van der Waals surface area contributed by atoms with Crippen LogP contribution in [0.1, 0.15) is 55.2 Å². The van der Waals surface area contributed by atoms with Gasteiger partial charge in [0.05, 0.1) is 32.6 Å². The molecule has 0 bridgehead atoms. The molecule has 31 heteroatoms. The fraction of sp³-hybridized carbons (Fsp3) is 0.125. The van der Waals surface area contributed by atoms with Crippen molar-refractivity contribution < 1.29 is 89.5 Å². The number of carbonyl (C=O) groups excluding carboxylic acids is 4. The first-order valence-electron chi connectivity index (χ1n) is 28.4. The van der Waals surface area contributed by atoms with Crippen LogP contribution in [0, 0.1) is 20.2 Å². The first kappa shape index (κ1) is 63.2. The highest BCUT2D eigenvalue weighted by atomic mass is 35.5. The van der Waals surface area contributed by atoms with Crippen LogP contribution in [0.15, 0.2) is 171 Å². The van der Waals surface area contributed by atoms with E-state index in [9.17, 15) is 68.1 Å². The number of hydrogen-bond donors (Lipinski definition) is 6. The summed E-state index contributed by atoms with van der Waals surface area (Å²) < 4.78 is 61.8. The summed E-state index contributed by atoms with van der Waals surface area (Å²) in [6.45, 7) is -0.619. The molecule has 2 aliphatic heterocycles. The zero-order valence-corrected chi connectivity index (χ0v) is 51.9. The third-order valence-electron chi connectivity index (χ3n) is 15.9. The Labute approximate surface area is 543 Å². The number of benzene rings is 8. The average Bonchev–Trinajstić information content (AvgIpc) is 1.62. The van der Waals surface area contributed by atoms with Gasteiger partial charge >= 0.3 is 39.2 Å². The highest BCUT2D eigenvalue weighted by molar-refractivity contribution is 7.47. The molecule has 0 saturated carbocycles. The molecule has 2 aliphatic rings. The van der Waals surface area contributed by atoms with Gasteiger partial charge in [-0.1, -0.05) is 60.7 Å². The number of anilines is 4. The molecule has 0 aliphatic carbocycles. The van der Waals surface area contributed by atoms with E-state index in [1.54, 1.807) is 97.1 Å². The van der Waals surface area contributed by atoms with Crippen LogP contribution in [0.3, 0.4) is 0 Å². The van der Waals surface area contributed by atoms with Crippen molar-refractivity contribution in [2.24, 2.45) is 0 Å². The molecule has 0 fully saturated rings. The van der Waals surface area contributed by atoms with Crippen LogP contribution in [0.4, 0.5) is 43.7 Å². The van der Waals surface area contributed by atoms with Crippen LogP contribution in [-0.4, -0.2) is 78.3 Å². The number of hydrogen-bond acceptors (Lipinski definition) is 17. The molecule has 5 heterocycles. The van der Waals surface area contributed by atoms with E-state index in [1.165, 1.54) is 21.9 Å². The Morgan fingerprint density at radius 1 is 0.526 bits per heavy atom. The largest absolute Gasteiger partial charge is 0.525 e. The number of fused-ring (bicyclic) bond motifs is 8. The maximum absolute atomic E-state index is 14.6. The molecule has 13 rings (SSSR count). The Hall–Kier alpha value is -10.6. The van der Waals surface area contributed by atoms with E-state index in [4.69, 9.17) is 45.9 Å². The maximum Gasteiger partial charge on any atom is 0.525 e. The summed E-state index contributed by atoms with van der Waals surface area (Å²) in [6.07, 6.45) is -1.92. The molecule has 27 nitrogen and oxygen atoms in total. The lowest BCUT2D eigenvalue weighted by atomic mass is 9.95. The van der Waals surface area contributed by atoms with Crippen molar-refractivity contribution in [2.45, 2.75) is 25.0 Å². The van der Waals surface area contributed by atoms with Gasteiger partial charge in [0.15, 0.2) is 11.5 Å². The molecule has 0 spiro atoms. The van der Waals surface area contributed by atoms with Gasteiger partial charge in [0, 0.05) is 81.5 Å². The van der Waals surface area contributed by atoms with Crippen molar-refractivity contribution in [3.63, 3.8) is 0 Å². The summed E-state index contributed by atoms with van der Waals surface area (Å²) in [6, 6.07) is 41.4. The highest BCUT2D eigenvalue weighted by Gasteiger charge is 2.39. The third-order valence-corrected chi connectivity index (χ3v) is 17.5. The van der Waals surface area contributed by atoms with Crippen molar-refractivity contribution in [3.8, 4) is 34.1 Å². The second-order valence-electron chi connectivity index (χ2n) is 21.9. The Bertz CT molecular complexity index is 4830. The third kappa shape index (κ3) is 12.7. The van der Waals surface area contributed by atoms with Gasteiger partial charge in [-0.25, -0.2) is 18.7 Å². The van der Waals surface area contributed by atoms with E-state index < -0.39 is 85.6 Å². The number of nitrogens with one attached hydrogen (secondary N) is 2. The van der Waals surface area contributed by atoms with Gasteiger partial charge in [-0.05, 0) is 118 Å². The van der Waals surface area contributed by atoms with Gasteiger partial charge in [0.1, 0.15) is 35.9 Å². The first-order chi connectivity index (χ1) is 45.5. The standard InChI is InChI=1S/C64H46Cl2N6O21P2/c65-27-39-29-69(49-25-45(41-5-1-3-7-43(41)59(39)49)67-63(75)87-31-33-9-14-47(71(77)78)55(19-33)92-94(81,82)83)61(73)57-23-37-12-11-36(22-54(37)91-57)52-18-17-51(89-52)35-13-16-53-38(21-35)24-58(90-53)62(74)70-30-40(28-66)60-44-8-4-2-6-42(44)46(26-50(60)70)68-64(76)88-32-34-10-15-48(72(79)80)56(20-34)93-95(84,85)86/h1-26,39-40H,27-32H2,(H,67,75)(H,68,76)(H2,81,82,83)(H2,84,85,86). The normalized spacial score (nSPS) is 14.5. The number of nitrogens with zero attached hydrogens (tertiary/aromatic N) is 4. The molecular weight excluding hydrogens is 1320 g/mol. The molecule has 6 N–H and O–H groups in total. The Balaban J connectivity index is 0.707. The predicted molar refractivity (Wildman–Crippen MR) is 346 cm³/mol. The topological polar surface area (TPSA) is 376 Å². The van der Waals surface area contributed by atoms with Gasteiger partial charge in [-0.3, -0.25) is 60.0 Å². The van der Waals surface area contributed by atoms with Gasteiger partial charge in [0.2, 0.25) is 11.5 Å². The smallest absolute Gasteiger partial charge is 0.456 e. The Kier molecular flexibility index (Phi) is 16.6. The zero-order valence-electron chi connectivity index (χ0n) is 48.6. The number of halogens is 2. The van der Waals surface area contributed by atoms with E-state index in [-0.39, 0.29) is 70.7 Å². The highest BCUT2D eigenvalue weighted by Crippen LogP contribution is 2.49. The summed E-state index contributed by atoms with van der Waals surface area (Å²) in [5.41, 5.74) is 3.82. The Morgan fingerprint density at radius 3 is 1.43 bits per heavy atom. The number of furan rings is 3. The molecule has 482 valence electrons. The number of nitro groups is 2. The lowest BCUT2D eigenvalue weighted by molar-refractivity contribution is -0.385. The van der Waals surface area contributed by atoms with E-state index in [1.807, 2.05) is 24.3 Å². The minimum atomic E-state index is -5.19. The SMILES string of the molecule is O=C(Nc1cc2c(c3ccccc13)C(CCl)CN2C(=O)c1cc2cc(-c3ccc(-c4ccc5cc(C(=O)N6CC(CCl)c7c6cc(NC(=O)OCc6ccc([N+](=O)[O-])c(OP(=O)(O)O)c6)c6ccccc76)oc5c4)o3)ccc2o1)OCc1ccc([N+](=O)[O-])c(OP(=O)(O)O)c1. The van der Waals surface area contributed by atoms with Crippen LogP contribution < -0.4 is 29.5 Å². The van der Waals surface area contributed by atoms with Crippen molar-refractivity contribution in [3.05, 3.63) is 212 Å². The van der Waals surface area contributed by atoms with Crippen LogP contribution in [0.25, 0.3) is 66.1 Å². The molecular formula is C64H46Cl2N6O21P2. The van der Waals surface area contributed by atoms with E-state index >= 15 is 0 Å². The molecule has 3 aromatic heterocycles. The monoisotopic (exact) mass is 1370 g/mol. The quantitative estimate of drug-likeness (QED) is 0.0201. The molecule has 4 amide bonds. The minimum Gasteiger partial charge on any atom is -0.456 e. The van der Waals surface area contributed by atoms with E-state index in [0.717, 1.165) is 35.4 Å². The molecule has 8 aromatic carbocycles. The van der Waals surface area contributed by atoms with Crippen molar-refractivity contribution in [1.82, 2.24) is 0 Å². The molecule has 11 aromatic rings. The molecule has 0 radical (unpaired) electrons. The Morgan fingerprint density at radius 2 is 0.968 bits per heavy atom. The number of nitro benzene ring substituents is 2. The first-order valence-corrected chi connectivity index (χ1v) is 32.6. The second kappa shape index (κ2) is 25.0. The molecule has 2 atom stereocenters. The maximum atomic E-state index is 14.6. The van der Waals surface area contributed by atoms with Crippen LogP contribution in [0.5, 0.6) is 11.5 Å².